The number of alkyl halides is 6. The average Bonchev–Trinajstić information content (AvgIpc) is 3.48. The zero-order valence-electron chi connectivity index (χ0n) is 26.1. The van der Waals surface area contributed by atoms with E-state index in [1.807, 2.05) is 0 Å². The van der Waals surface area contributed by atoms with Crippen LogP contribution in [0.3, 0.4) is 0 Å². The van der Waals surface area contributed by atoms with Crippen LogP contribution >= 0.6 is 48.0 Å². The van der Waals surface area contributed by atoms with Gasteiger partial charge in [-0.05, 0) is 49.9 Å². The molecule has 0 aliphatic carbocycles. The molecule has 0 radical (unpaired) electrons. The number of hydrogen-bond acceptors (Lipinski definition) is 8. The fraction of sp³-hybridized carbons (Fsp3) is 0.375. The minimum Gasteiger partial charge on any atom is -0.326 e. The van der Waals surface area contributed by atoms with E-state index in [0.717, 1.165) is 35.7 Å². The first-order valence-corrected chi connectivity index (χ1v) is 17.8. The van der Waals surface area contributed by atoms with Crippen molar-refractivity contribution in [1.29, 1.82) is 0 Å². The highest BCUT2D eigenvalue weighted by Crippen LogP contribution is 2.42. The minimum atomic E-state index is -4.61. The van der Waals surface area contributed by atoms with Crippen LogP contribution in [0.1, 0.15) is 62.5 Å². The number of nitrogens with one attached hydrogen (secondary N) is 2. The number of amides is 4. The Balaban J connectivity index is 1.19. The third-order valence-corrected chi connectivity index (χ3v) is 10.5. The molecule has 2 fully saturated rings. The molecule has 0 aromatic heterocycles. The van der Waals surface area contributed by atoms with Gasteiger partial charge in [0.25, 0.3) is 11.8 Å². The van der Waals surface area contributed by atoms with E-state index in [1.54, 1.807) is 0 Å². The van der Waals surface area contributed by atoms with Gasteiger partial charge in [-0.25, -0.2) is 0 Å². The highest BCUT2D eigenvalue weighted by atomic mass is 32.2. The zero-order valence-corrected chi connectivity index (χ0v) is 29.4. The number of halogens is 6. The van der Waals surface area contributed by atoms with E-state index in [9.17, 15) is 45.5 Å². The van der Waals surface area contributed by atoms with Crippen molar-refractivity contribution in [2.45, 2.75) is 63.7 Å². The zero-order chi connectivity index (χ0) is 36.6. The number of rotatable bonds is 14. The Labute approximate surface area is 302 Å². The Morgan fingerprint density at radius 2 is 0.960 bits per heavy atom. The molecule has 2 N–H and O–H groups in total. The lowest BCUT2D eigenvalue weighted by Gasteiger charge is -2.15. The van der Waals surface area contributed by atoms with Crippen molar-refractivity contribution in [3.05, 3.63) is 69.5 Å². The lowest BCUT2D eigenvalue weighted by atomic mass is 10.1. The lowest BCUT2D eigenvalue weighted by molar-refractivity contribution is -0.138. The first kappa shape index (κ1) is 39.3. The Morgan fingerprint density at radius 1 is 0.600 bits per heavy atom. The largest absolute Gasteiger partial charge is 0.418 e. The van der Waals surface area contributed by atoms with Gasteiger partial charge in [-0.2, -0.15) is 26.3 Å². The van der Waals surface area contributed by atoms with Gasteiger partial charge in [-0.15, -0.1) is 0 Å². The van der Waals surface area contributed by atoms with E-state index < -0.39 is 47.1 Å². The standard InChI is InChI=1S/C32H30F6N4O4S4/c33-31(34,35)19-11-5-7-13-21(19)39-23(43)15-3-1-9-17-41-27(45)25(49-29(41)47)26-28(46)42(30(48)50-26)18-10-2-4-16-24(44)40-22-14-8-6-12-20(22)32(36,37)38/h5-8,11-14H,1-4,9-10,15-18H2,(H,39,43)(H,40,44)/b26-25+. The maximum absolute atomic E-state index is 13.2. The fourth-order valence-electron chi connectivity index (χ4n) is 5.02. The second-order valence-electron chi connectivity index (χ2n) is 11.1. The van der Waals surface area contributed by atoms with E-state index in [1.165, 1.54) is 46.2 Å². The van der Waals surface area contributed by atoms with E-state index in [4.69, 9.17) is 24.4 Å². The molecule has 18 heteroatoms. The number of anilines is 2. The summed E-state index contributed by atoms with van der Waals surface area (Å²) in [7, 11) is 0. The van der Waals surface area contributed by atoms with Crippen molar-refractivity contribution in [2.24, 2.45) is 0 Å². The molecule has 4 rings (SSSR count). The van der Waals surface area contributed by atoms with Crippen LogP contribution in [-0.2, 0) is 31.5 Å². The summed E-state index contributed by atoms with van der Waals surface area (Å²) in [6, 6.07) is 9.41. The predicted molar refractivity (Wildman–Crippen MR) is 188 cm³/mol. The van der Waals surface area contributed by atoms with Crippen LogP contribution in [0.2, 0.25) is 0 Å². The molecule has 0 atom stereocenters. The van der Waals surface area contributed by atoms with Gasteiger partial charge in [-0.3, -0.25) is 29.0 Å². The summed E-state index contributed by atoms with van der Waals surface area (Å²) >= 11 is 12.7. The maximum atomic E-state index is 13.2. The van der Waals surface area contributed by atoms with Gasteiger partial charge < -0.3 is 10.6 Å². The van der Waals surface area contributed by atoms with Crippen molar-refractivity contribution in [3.8, 4) is 0 Å². The van der Waals surface area contributed by atoms with Gasteiger partial charge in [0, 0.05) is 25.9 Å². The summed E-state index contributed by atoms with van der Waals surface area (Å²) in [5.74, 6) is -2.02. The maximum Gasteiger partial charge on any atom is 0.418 e. The first-order valence-electron chi connectivity index (χ1n) is 15.3. The van der Waals surface area contributed by atoms with E-state index in [2.05, 4.69) is 10.6 Å². The Hall–Kier alpha value is -3.48. The Kier molecular flexibility index (Phi) is 13.5. The number of nitrogens with zero attached hydrogens (tertiary/aromatic N) is 2. The number of thiocarbonyl (C=S) groups is 2. The number of thioether (sulfide) groups is 2. The molecule has 0 bridgehead atoms. The molecule has 50 heavy (non-hydrogen) atoms. The van der Waals surface area contributed by atoms with Gasteiger partial charge in [0.05, 0.1) is 32.3 Å². The smallest absolute Gasteiger partial charge is 0.326 e. The molecule has 0 unspecified atom stereocenters. The van der Waals surface area contributed by atoms with Gasteiger partial charge in [0.2, 0.25) is 11.8 Å². The normalized spacial score (nSPS) is 16.8. The summed E-state index contributed by atoms with van der Waals surface area (Å²) in [6.07, 6.45) is -6.62. The summed E-state index contributed by atoms with van der Waals surface area (Å²) in [5.41, 5.74) is -2.50. The van der Waals surface area contributed by atoms with Crippen molar-refractivity contribution in [3.63, 3.8) is 0 Å². The molecule has 2 aromatic carbocycles. The molecule has 0 spiro atoms. The van der Waals surface area contributed by atoms with Crippen LogP contribution in [0.5, 0.6) is 0 Å². The van der Waals surface area contributed by atoms with E-state index in [0.29, 0.717) is 38.5 Å². The molecule has 2 aliphatic rings. The molecule has 4 amide bonds. The Morgan fingerprint density at radius 3 is 1.32 bits per heavy atom. The van der Waals surface area contributed by atoms with Crippen molar-refractivity contribution < 1.29 is 45.5 Å². The molecule has 8 nitrogen and oxygen atoms in total. The molecular formula is C32H30F6N4O4S4. The molecule has 2 aromatic rings. The highest BCUT2D eigenvalue weighted by molar-refractivity contribution is 8.29. The summed E-state index contributed by atoms with van der Waals surface area (Å²) < 4.78 is 79.5. The van der Waals surface area contributed by atoms with Crippen molar-refractivity contribution in [1.82, 2.24) is 9.80 Å². The van der Waals surface area contributed by atoms with Crippen LogP contribution < -0.4 is 10.6 Å². The lowest BCUT2D eigenvalue weighted by Crippen LogP contribution is -2.31. The van der Waals surface area contributed by atoms with Crippen LogP contribution in [-0.4, -0.2) is 55.2 Å². The first-order chi connectivity index (χ1) is 23.6. The molecule has 2 heterocycles. The minimum absolute atomic E-state index is 0.0171. The van der Waals surface area contributed by atoms with Gasteiger partial charge in [0.1, 0.15) is 8.64 Å². The molecule has 0 saturated carbocycles. The molecule has 2 saturated heterocycles. The number of carbonyl (C=O) groups is 4. The number of benzene rings is 2. The summed E-state index contributed by atoms with van der Waals surface area (Å²) in [4.78, 5) is 53.9. The quantitative estimate of drug-likeness (QED) is 0.0856. The van der Waals surface area contributed by atoms with Crippen molar-refractivity contribution >= 4 is 91.6 Å². The second kappa shape index (κ2) is 17.2. The highest BCUT2D eigenvalue weighted by Gasteiger charge is 2.42. The molecular weight excluding hydrogens is 747 g/mol. The summed E-state index contributed by atoms with van der Waals surface area (Å²) in [6.45, 7) is 0.449. The Bertz CT molecular complexity index is 1580. The monoisotopic (exact) mass is 776 g/mol. The van der Waals surface area contributed by atoms with Crippen LogP contribution in [0.15, 0.2) is 58.3 Å². The van der Waals surface area contributed by atoms with Gasteiger partial charge in [0.15, 0.2) is 0 Å². The van der Waals surface area contributed by atoms with Crippen LogP contribution in [0.25, 0.3) is 0 Å². The van der Waals surface area contributed by atoms with E-state index >= 15 is 0 Å². The van der Waals surface area contributed by atoms with Gasteiger partial charge >= 0.3 is 12.4 Å². The molecule has 268 valence electrons. The van der Waals surface area contributed by atoms with E-state index in [-0.39, 0.29) is 55.8 Å². The average molecular weight is 777 g/mol. The molecule has 2 aliphatic heterocycles. The van der Waals surface area contributed by atoms with Crippen molar-refractivity contribution in [2.75, 3.05) is 23.7 Å². The van der Waals surface area contributed by atoms with Crippen LogP contribution in [0, 0.1) is 0 Å². The predicted octanol–water partition coefficient (Wildman–Crippen LogP) is 8.35. The third-order valence-electron chi connectivity index (χ3n) is 7.49. The number of para-hydroxylation sites is 2. The topological polar surface area (TPSA) is 98.8 Å². The summed E-state index contributed by atoms with van der Waals surface area (Å²) in [5, 5.41) is 4.60. The number of unbranched alkanes of at least 4 members (excludes halogenated alkanes) is 4. The fourth-order valence-corrected chi connectivity index (χ4v) is 7.80. The third kappa shape index (κ3) is 10.3. The number of carbonyl (C=O) groups excluding carboxylic acids is 4. The number of hydrogen-bond donors (Lipinski definition) is 2. The second-order valence-corrected chi connectivity index (χ2v) is 14.4. The van der Waals surface area contributed by atoms with Crippen LogP contribution in [0.4, 0.5) is 37.7 Å². The SMILES string of the molecule is O=C(CCCCCN1C(=O)/C(=C2\SC(=S)N(CCCCCC(=O)Nc3ccccc3C(F)(F)F)C2=O)SC1=S)Nc1ccccc1C(F)(F)F. The van der Waals surface area contributed by atoms with Gasteiger partial charge in [-0.1, -0.05) is 85.1 Å².